The van der Waals surface area contributed by atoms with Crippen LogP contribution in [-0.4, -0.2) is 39.9 Å². The molecule has 4 aromatic heterocycles. The zero-order chi connectivity index (χ0) is 79.7. The van der Waals surface area contributed by atoms with Crippen LogP contribution in [0.5, 0.6) is 0 Å². The number of aromatic nitrogens is 8. The summed E-state index contributed by atoms with van der Waals surface area (Å²) in [6.45, 7) is 0. The van der Waals surface area contributed by atoms with Gasteiger partial charge in [-0.15, -0.1) is 0 Å². The van der Waals surface area contributed by atoms with Crippen LogP contribution < -0.4 is 0 Å². The molecule has 0 aliphatic carbocycles. The van der Waals surface area contributed by atoms with Crippen molar-refractivity contribution in [2.24, 2.45) is 0 Å². The van der Waals surface area contributed by atoms with Crippen LogP contribution in [0.15, 0.2) is 437 Å². The second-order valence-corrected chi connectivity index (χ2v) is 30.2. The van der Waals surface area contributed by atoms with Crippen LogP contribution in [0.4, 0.5) is 0 Å². The van der Waals surface area contributed by atoms with Crippen molar-refractivity contribution in [1.29, 1.82) is 0 Å². The Morgan fingerprint density at radius 2 is 0.342 bits per heavy atom. The number of nitrogens with zero attached hydrogens (tertiary/aromatic N) is 8. The lowest BCUT2D eigenvalue weighted by Crippen LogP contribution is -2.00. The third kappa shape index (κ3) is 14.4. The normalized spacial score (nSPS) is 11.3. The second kappa shape index (κ2) is 31.6. The number of rotatable bonds is 14. The molecule has 0 spiro atoms. The largest absolute Gasteiger partial charge is 0.247 e. The third-order valence-corrected chi connectivity index (χ3v) is 22.6. The van der Waals surface area contributed by atoms with E-state index in [1.807, 2.05) is 72.8 Å². The van der Waals surface area contributed by atoms with Crippen molar-refractivity contribution >= 4 is 64.9 Å². The zero-order valence-corrected chi connectivity index (χ0v) is 65.1. The Morgan fingerprint density at radius 3 is 0.733 bits per heavy atom. The Kier molecular flexibility index (Phi) is 18.8. The molecule has 8 nitrogen and oxygen atoms in total. The summed E-state index contributed by atoms with van der Waals surface area (Å²) in [7, 11) is 0. The van der Waals surface area contributed by atoms with Gasteiger partial charge in [-0.3, -0.25) is 0 Å². The van der Waals surface area contributed by atoms with E-state index in [1.165, 1.54) is 54.2 Å². The van der Waals surface area contributed by atoms with Crippen LogP contribution in [-0.2, 0) is 0 Å². The molecule has 0 amide bonds. The summed E-state index contributed by atoms with van der Waals surface area (Å²) in [6.07, 6.45) is 0. The molecule has 0 saturated carbocycles. The van der Waals surface area contributed by atoms with Gasteiger partial charge in [-0.05, 0) is 154 Å². The smallest absolute Gasteiger partial charge is 0.164 e. The lowest BCUT2D eigenvalue weighted by Gasteiger charge is -2.13. The molecule has 0 N–H and O–H groups in total. The first kappa shape index (κ1) is 71.6. The number of hydrogen-bond acceptors (Lipinski definition) is 8. The van der Waals surface area contributed by atoms with E-state index in [0.717, 1.165) is 133 Å². The Bertz CT molecular complexity index is 7600. The number of para-hydroxylation sites is 1. The van der Waals surface area contributed by atoms with Crippen molar-refractivity contribution < 1.29 is 0 Å². The molecule has 0 radical (unpaired) electrons. The molecule has 0 bridgehead atoms. The second-order valence-electron chi connectivity index (χ2n) is 30.2. The maximum atomic E-state index is 5.30. The molecule has 4 heterocycles. The highest BCUT2D eigenvalue weighted by atomic mass is 15.0. The van der Waals surface area contributed by atoms with E-state index >= 15 is 0 Å². The molecule has 0 aliphatic rings. The standard InChI is InChI=1S/2C56H36N4/c1-3-13-37(14-4-1)38-25-29-41(30-26-38)55-58-54(40-15-5-2-6-16-40)59-56(60-55)42-31-27-39(28-32-42)43-19-11-20-44(33-43)45-21-12-22-48(34-45)53-51-36-47-18-8-7-17-46(47)35-50(51)49-23-9-10-24-52(49)57-53;1-3-13-37(14-4-1)38-25-29-41(30-26-38)55-58-54(40-15-5-2-6-16-40)59-56(60-55)42-31-27-39(28-32-42)43-19-11-20-44(33-43)45-21-12-22-48(34-45)53-50-24-10-9-23-49(50)51-35-46-17-7-8-18-47(46)36-52(51)57-53/h2*1-36H. The minimum absolute atomic E-state index is 0.630. The van der Waals surface area contributed by atoms with Crippen molar-refractivity contribution in [3.8, 4) is 158 Å². The number of benzene rings is 18. The summed E-state index contributed by atoms with van der Waals surface area (Å²) in [4.78, 5) is 40.4. The van der Waals surface area contributed by atoms with E-state index in [0.29, 0.717) is 34.9 Å². The summed E-state index contributed by atoms with van der Waals surface area (Å²) < 4.78 is 0. The van der Waals surface area contributed by atoms with E-state index in [1.54, 1.807) is 0 Å². The van der Waals surface area contributed by atoms with Gasteiger partial charge in [0.05, 0.1) is 22.4 Å². The fourth-order valence-electron chi connectivity index (χ4n) is 16.4. The zero-order valence-electron chi connectivity index (χ0n) is 65.1. The van der Waals surface area contributed by atoms with Crippen molar-refractivity contribution in [3.05, 3.63) is 437 Å². The van der Waals surface area contributed by atoms with Gasteiger partial charge in [0.15, 0.2) is 34.9 Å². The minimum Gasteiger partial charge on any atom is -0.247 e. The van der Waals surface area contributed by atoms with Crippen molar-refractivity contribution in [3.63, 3.8) is 0 Å². The van der Waals surface area contributed by atoms with Gasteiger partial charge in [-0.2, -0.15) is 0 Å². The van der Waals surface area contributed by atoms with E-state index < -0.39 is 0 Å². The number of hydrogen-bond donors (Lipinski definition) is 0. The quantitative estimate of drug-likeness (QED) is 0.0784. The maximum absolute atomic E-state index is 5.30. The molecule has 0 atom stereocenters. The highest BCUT2D eigenvalue weighted by molar-refractivity contribution is 6.16. The van der Waals surface area contributed by atoms with Crippen LogP contribution in [0.3, 0.4) is 0 Å². The molecule has 120 heavy (non-hydrogen) atoms. The van der Waals surface area contributed by atoms with Crippen LogP contribution in [0.25, 0.3) is 222 Å². The Balaban J connectivity index is 0.000000148. The van der Waals surface area contributed by atoms with E-state index in [-0.39, 0.29) is 0 Å². The maximum Gasteiger partial charge on any atom is 0.164 e. The van der Waals surface area contributed by atoms with Crippen molar-refractivity contribution in [1.82, 2.24) is 39.9 Å². The van der Waals surface area contributed by atoms with E-state index in [9.17, 15) is 0 Å². The highest BCUT2D eigenvalue weighted by Crippen LogP contribution is 2.41. The Labute approximate surface area is 694 Å². The number of fused-ring (bicyclic) bond motifs is 8. The van der Waals surface area contributed by atoms with Gasteiger partial charge in [0, 0.05) is 66.1 Å². The Hall–Kier alpha value is -16.2. The predicted octanol–water partition coefficient (Wildman–Crippen LogP) is 28.8. The first-order valence-corrected chi connectivity index (χ1v) is 40.4. The van der Waals surface area contributed by atoms with Crippen LogP contribution in [0, 0.1) is 0 Å². The van der Waals surface area contributed by atoms with E-state index in [2.05, 4.69) is 364 Å². The molecule has 0 saturated heterocycles. The average molecular weight is 1530 g/mol. The molecule has 18 aromatic carbocycles. The summed E-state index contributed by atoms with van der Waals surface area (Å²) >= 11 is 0. The highest BCUT2D eigenvalue weighted by Gasteiger charge is 2.20. The van der Waals surface area contributed by atoms with Crippen LogP contribution in [0.2, 0.25) is 0 Å². The van der Waals surface area contributed by atoms with Crippen LogP contribution >= 0.6 is 0 Å². The lowest BCUT2D eigenvalue weighted by atomic mass is 9.94. The fraction of sp³-hybridized carbons (Fsp3) is 0. The van der Waals surface area contributed by atoms with Gasteiger partial charge in [0.25, 0.3) is 0 Å². The average Bonchev–Trinajstić information content (AvgIpc) is 0.744. The fourth-order valence-corrected chi connectivity index (χ4v) is 16.4. The molecule has 22 rings (SSSR count). The monoisotopic (exact) mass is 1530 g/mol. The first-order valence-electron chi connectivity index (χ1n) is 40.4. The summed E-state index contributed by atoms with van der Waals surface area (Å²) in [6, 6.07) is 153. The summed E-state index contributed by atoms with van der Waals surface area (Å²) in [5, 5.41) is 11.9. The van der Waals surface area contributed by atoms with Gasteiger partial charge in [0.2, 0.25) is 0 Å². The van der Waals surface area contributed by atoms with Crippen molar-refractivity contribution in [2.45, 2.75) is 0 Å². The topological polar surface area (TPSA) is 103 Å². The molecule has 0 fully saturated rings. The minimum atomic E-state index is 0.630. The molecule has 560 valence electrons. The third-order valence-electron chi connectivity index (χ3n) is 22.6. The summed E-state index contributed by atoms with van der Waals surface area (Å²) in [5.41, 5.74) is 25.4. The van der Waals surface area contributed by atoms with Crippen LogP contribution in [0.1, 0.15) is 0 Å². The van der Waals surface area contributed by atoms with Crippen molar-refractivity contribution in [2.75, 3.05) is 0 Å². The number of pyridine rings is 2. The lowest BCUT2D eigenvalue weighted by molar-refractivity contribution is 1.07. The molecule has 8 heteroatoms. The Morgan fingerprint density at radius 1 is 0.108 bits per heavy atom. The molecule has 0 aliphatic heterocycles. The molecule has 22 aromatic rings. The van der Waals surface area contributed by atoms with Gasteiger partial charge in [-0.25, -0.2) is 39.9 Å². The molecular formula is C112H72N8. The summed E-state index contributed by atoms with van der Waals surface area (Å²) in [5.74, 6) is 3.82. The van der Waals surface area contributed by atoms with Gasteiger partial charge in [0.1, 0.15) is 0 Å². The predicted molar refractivity (Wildman–Crippen MR) is 496 cm³/mol. The van der Waals surface area contributed by atoms with Gasteiger partial charge in [-0.1, -0.05) is 382 Å². The van der Waals surface area contributed by atoms with E-state index in [4.69, 9.17) is 39.9 Å². The SMILES string of the molecule is c1ccc(-c2ccc(-c3nc(-c4ccccc4)nc(-c4ccc(-c5cccc(-c6cccc(-c7nc8cc9ccccc9cc8c8ccccc78)c6)c5)cc4)n3)cc2)cc1.c1ccc(-c2ccc(-c3nc(-c4ccccc4)nc(-c4ccc(-c5cccc(-c6cccc(-c7nc8ccccc8c8cc9ccccc9cc78)c6)c5)cc4)n3)cc2)cc1. The molecular weight excluding hydrogens is 1460 g/mol. The van der Waals surface area contributed by atoms with Gasteiger partial charge < -0.3 is 0 Å². The van der Waals surface area contributed by atoms with Gasteiger partial charge >= 0.3 is 0 Å². The molecule has 0 unspecified atom stereocenters. The first-order chi connectivity index (χ1) is 59.4.